The number of carbonyl (C=O) groups excluding carboxylic acids is 1. The highest BCUT2D eigenvalue weighted by atomic mass is 35.5. The number of hydrogen-bond donors (Lipinski definition) is 0. The van der Waals surface area contributed by atoms with Gasteiger partial charge in [0.15, 0.2) is 0 Å². The third-order valence-corrected chi connectivity index (χ3v) is 2.39. The highest BCUT2D eigenvalue weighted by molar-refractivity contribution is 6.64. The van der Waals surface area contributed by atoms with Crippen LogP contribution in [0.3, 0.4) is 0 Å². The lowest BCUT2D eigenvalue weighted by Crippen LogP contribution is -2.26. The van der Waals surface area contributed by atoms with Gasteiger partial charge in [-0.1, -0.05) is 0 Å². The summed E-state index contributed by atoms with van der Waals surface area (Å²) in [6.45, 7) is 0. The molecule has 16 heavy (non-hydrogen) atoms. The van der Waals surface area contributed by atoms with Crippen LogP contribution in [0.1, 0.15) is 25.7 Å². The van der Waals surface area contributed by atoms with Gasteiger partial charge in [-0.2, -0.15) is 9.58 Å². The summed E-state index contributed by atoms with van der Waals surface area (Å²) >= 11 is 10.9. The molecule has 0 heterocycles. The predicted octanol–water partition coefficient (Wildman–Crippen LogP) is 1.94. The molecule has 0 spiro atoms. The fourth-order valence-electron chi connectivity index (χ4n) is 1.05. The summed E-state index contributed by atoms with van der Waals surface area (Å²) in [5.41, 5.74) is 17.2. The average Bonchev–Trinajstić information content (AvgIpc) is 2.31. The van der Waals surface area contributed by atoms with Crippen LogP contribution in [0.25, 0.3) is 11.1 Å². The van der Waals surface area contributed by atoms with Gasteiger partial charge in [-0.05, 0) is 12.8 Å². The molecule has 0 radical (unpaired) electrons. The zero-order valence-corrected chi connectivity index (χ0v) is 10.2. The summed E-state index contributed by atoms with van der Waals surface area (Å²) in [5.74, 6) is 0.152. The molecule has 7 heteroatoms. The van der Waals surface area contributed by atoms with Crippen LogP contribution in [0.4, 0.5) is 0 Å². The molecule has 0 saturated carbocycles. The van der Waals surface area contributed by atoms with Crippen molar-refractivity contribution < 1.29 is 14.4 Å². The van der Waals surface area contributed by atoms with Gasteiger partial charge in [0.2, 0.25) is 0 Å². The first kappa shape index (κ1) is 15.0. The number of hydrogen-bond acceptors (Lipinski definition) is 1. The van der Waals surface area contributed by atoms with Gasteiger partial charge in [-0.25, -0.2) is 0 Å². The van der Waals surface area contributed by atoms with E-state index in [2.05, 4.69) is 9.58 Å². The van der Waals surface area contributed by atoms with Crippen molar-refractivity contribution in [1.82, 2.24) is 0 Å². The predicted molar refractivity (Wildman–Crippen MR) is 62.2 cm³/mol. The SMILES string of the molecule is [N-]=[N+]=C(CCCCl)C(=O)C(CCCCl)=[N+]=[N-]. The lowest BCUT2D eigenvalue weighted by atomic mass is 10.0. The molecule has 0 amide bonds. The minimum atomic E-state index is -0.569. The Morgan fingerprint density at radius 1 is 0.938 bits per heavy atom. The van der Waals surface area contributed by atoms with E-state index in [4.69, 9.17) is 34.3 Å². The standard InChI is InChI=1S/C9H12Cl2N4O/c10-5-1-3-7(14-12)9(16)8(15-13)4-2-6-11/h1-6H2. The zero-order chi connectivity index (χ0) is 12.4. The number of nitrogens with zero attached hydrogens (tertiary/aromatic N) is 4. The van der Waals surface area contributed by atoms with E-state index >= 15 is 0 Å². The molecule has 0 aliphatic rings. The maximum atomic E-state index is 11.6. The maximum Gasteiger partial charge on any atom is 0.346 e. The Hall–Kier alpha value is -0.990. The molecule has 0 aromatic rings. The molecule has 5 nitrogen and oxygen atoms in total. The molecule has 0 bridgehead atoms. The van der Waals surface area contributed by atoms with Crippen molar-refractivity contribution in [2.24, 2.45) is 0 Å². The fourth-order valence-corrected chi connectivity index (χ4v) is 1.32. The summed E-state index contributed by atoms with van der Waals surface area (Å²) in [6.07, 6.45) is 1.53. The van der Waals surface area contributed by atoms with Crippen molar-refractivity contribution >= 4 is 40.4 Å². The first-order valence-corrected chi connectivity index (χ1v) is 5.86. The Bertz CT molecular complexity index is 311. The molecule has 0 N–H and O–H groups in total. The van der Waals surface area contributed by atoms with Crippen LogP contribution in [0, 0.1) is 0 Å². The van der Waals surface area contributed by atoms with Crippen LogP contribution in [-0.2, 0) is 4.79 Å². The molecule has 0 saturated heterocycles. The van der Waals surface area contributed by atoms with Crippen molar-refractivity contribution in [2.75, 3.05) is 11.8 Å². The van der Waals surface area contributed by atoms with E-state index in [9.17, 15) is 4.79 Å². The highest BCUT2D eigenvalue weighted by Gasteiger charge is 2.30. The van der Waals surface area contributed by atoms with Crippen LogP contribution in [0.15, 0.2) is 0 Å². The summed E-state index contributed by atoms with van der Waals surface area (Å²) in [5, 5.41) is 0. The first-order valence-electron chi connectivity index (χ1n) is 4.79. The third kappa shape index (κ3) is 5.19. The molecule has 0 aliphatic carbocycles. The molecule has 0 atom stereocenters. The summed E-state index contributed by atoms with van der Waals surface area (Å²) in [7, 11) is 0. The van der Waals surface area contributed by atoms with Crippen LogP contribution < -0.4 is 0 Å². The number of halogens is 2. The molecular formula is C9H12Cl2N4O. The van der Waals surface area contributed by atoms with Gasteiger partial charge >= 0.3 is 17.2 Å². The number of alkyl halides is 2. The monoisotopic (exact) mass is 262 g/mol. The summed E-state index contributed by atoms with van der Waals surface area (Å²) < 4.78 is 0. The van der Waals surface area contributed by atoms with E-state index in [1.54, 1.807) is 0 Å². The Morgan fingerprint density at radius 2 is 1.31 bits per heavy atom. The molecule has 0 aromatic heterocycles. The van der Waals surface area contributed by atoms with Crippen molar-refractivity contribution in [3.8, 4) is 0 Å². The van der Waals surface area contributed by atoms with E-state index in [1.165, 1.54) is 0 Å². The molecular weight excluding hydrogens is 251 g/mol. The highest BCUT2D eigenvalue weighted by Crippen LogP contribution is 2.00. The van der Waals surface area contributed by atoms with E-state index in [1.807, 2.05) is 0 Å². The largest absolute Gasteiger partial charge is 0.361 e. The van der Waals surface area contributed by atoms with Gasteiger partial charge in [-0.3, -0.25) is 4.79 Å². The first-order chi connectivity index (χ1) is 7.71. The average molecular weight is 263 g/mol. The number of carbonyl (C=O) groups is 1. The van der Waals surface area contributed by atoms with Gasteiger partial charge in [0.25, 0.3) is 0 Å². The molecule has 0 aromatic carbocycles. The van der Waals surface area contributed by atoms with Crippen molar-refractivity contribution in [1.29, 1.82) is 0 Å². The van der Waals surface area contributed by atoms with Gasteiger partial charge < -0.3 is 11.1 Å². The molecule has 88 valence electrons. The summed E-state index contributed by atoms with van der Waals surface area (Å²) in [4.78, 5) is 17.4. The van der Waals surface area contributed by atoms with Crippen molar-refractivity contribution in [3.05, 3.63) is 11.1 Å². The molecule has 0 fully saturated rings. The van der Waals surface area contributed by atoms with E-state index < -0.39 is 5.78 Å². The second-order valence-corrected chi connectivity index (χ2v) is 3.76. The van der Waals surface area contributed by atoms with Crippen LogP contribution in [-0.4, -0.2) is 38.5 Å². The Balaban J connectivity index is 4.60. The Morgan fingerprint density at radius 3 is 1.56 bits per heavy atom. The van der Waals surface area contributed by atoms with E-state index in [-0.39, 0.29) is 24.3 Å². The number of rotatable bonds is 8. The molecule has 0 unspecified atom stereocenters. The molecule has 0 rings (SSSR count). The third-order valence-electron chi connectivity index (χ3n) is 1.86. The second kappa shape index (κ2) is 9.25. The van der Waals surface area contributed by atoms with Gasteiger partial charge in [-0.15, -0.1) is 23.2 Å². The minimum absolute atomic E-state index is 0.0528. The van der Waals surface area contributed by atoms with Gasteiger partial charge in [0.05, 0.1) is 12.8 Å². The second-order valence-electron chi connectivity index (χ2n) is 3.01. The van der Waals surface area contributed by atoms with E-state index in [0.717, 1.165) is 0 Å². The van der Waals surface area contributed by atoms with Crippen LogP contribution in [0.5, 0.6) is 0 Å². The topological polar surface area (TPSA) is 89.9 Å². The number of Topliss-reactive ketones (excluding diaryl/α,β-unsaturated/α-hetero) is 1. The maximum absolute atomic E-state index is 11.6. The lowest BCUT2D eigenvalue weighted by molar-refractivity contribution is -0.116. The van der Waals surface area contributed by atoms with Crippen molar-refractivity contribution in [3.63, 3.8) is 0 Å². The Kier molecular flexibility index (Phi) is 8.68. The lowest BCUT2D eigenvalue weighted by Gasteiger charge is -1.92. The summed E-state index contributed by atoms with van der Waals surface area (Å²) in [6, 6.07) is 0. The van der Waals surface area contributed by atoms with E-state index in [0.29, 0.717) is 24.6 Å². The minimum Gasteiger partial charge on any atom is -0.361 e. The quantitative estimate of drug-likeness (QED) is 0.284. The van der Waals surface area contributed by atoms with Crippen LogP contribution in [0.2, 0.25) is 0 Å². The van der Waals surface area contributed by atoms with Gasteiger partial charge in [0.1, 0.15) is 0 Å². The van der Waals surface area contributed by atoms with Gasteiger partial charge in [0, 0.05) is 11.8 Å². The smallest absolute Gasteiger partial charge is 0.346 e. The fraction of sp³-hybridized carbons (Fsp3) is 0.667. The normalized spacial score (nSPS) is 9.12. The Labute approximate surface area is 104 Å². The zero-order valence-electron chi connectivity index (χ0n) is 8.70. The van der Waals surface area contributed by atoms with Crippen molar-refractivity contribution in [2.45, 2.75) is 25.7 Å². The van der Waals surface area contributed by atoms with Crippen LogP contribution >= 0.6 is 23.2 Å². The molecule has 0 aliphatic heterocycles. The number of ketones is 1.